The van der Waals surface area contributed by atoms with Crippen LogP contribution in [0.15, 0.2) is 51.4 Å². The van der Waals surface area contributed by atoms with Crippen molar-refractivity contribution in [2.24, 2.45) is 11.8 Å². The summed E-state index contributed by atoms with van der Waals surface area (Å²) in [6, 6.07) is 12.0. The Labute approximate surface area is 253 Å². The van der Waals surface area contributed by atoms with Gasteiger partial charge in [0.2, 0.25) is 17.7 Å². The summed E-state index contributed by atoms with van der Waals surface area (Å²) in [5, 5.41) is 23.9. The van der Waals surface area contributed by atoms with Gasteiger partial charge in [0.15, 0.2) is 23.5 Å². The van der Waals surface area contributed by atoms with Crippen molar-refractivity contribution in [2.45, 2.75) is 70.9 Å². The van der Waals surface area contributed by atoms with E-state index in [1.165, 1.54) is 0 Å². The number of anilines is 1. The minimum atomic E-state index is -1.27. The molecule has 4 bridgehead atoms. The highest BCUT2D eigenvalue weighted by Gasteiger charge is 2.61. The molecule has 12 heteroatoms. The Morgan fingerprint density at radius 1 is 1.09 bits per heavy atom. The maximum Gasteiger partial charge on any atom is 0.280 e. The van der Waals surface area contributed by atoms with Gasteiger partial charge in [-0.05, 0) is 42.0 Å². The van der Waals surface area contributed by atoms with Gasteiger partial charge in [-0.15, -0.1) is 0 Å². The minimum absolute atomic E-state index is 0.154. The molecule has 4 N–H and O–H groups in total. The van der Waals surface area contributed by atoms with Crippen molar-refractivity contribution >= 4 is 17.5 Å². The summed E-state index contributed by atoms with van der Waals surface area (Å²) in [6.45, 7) is 9.10. The van der Waals surface area contributed by atoms with Gasteiger partial charge in [-0.25, -0.2) is 4.98 Å². The third kappa shape index (κ3) is 4.19. The third-order valence-corrected chi connectivity index (χ3v) is 8.68. The number of nitrogens with zero attached hydrogens (tertiary/aromatic N) is 3. The predicted octanol–water partition coefficient (Wildman–Crippen LogP) is 3.38. The molecule has 2 aromatic heterocycles. The van der Waals surface area contributed by atoms with Crippen LogP contribution in [0.1, 0.15) is 67.9 Å². The molecule has 12 nitrogen and oxygen atoms in total. The number of para-hydroxylation sites is 1. The van der Waals surface area contributed by atoms with Crippen LogP contribution in [0.3, 0.4) is 0 Å². The smallest absolute Gasteiger partial charge is 0.280 e. The summed E-state index contributed by atoms with van der Waals surface area (Å²) >= 11 is 0. The summed E-state index contributed by atoms with van der Waals surface area (Å²) in [5.74, 6) is 0.456. The Bertz CT molecular complexity index is 1780. The Morgan fingerprint density at radius 3 is 2.61 bits per heavy atom. The normalized spacial score (nSPS) is 24.0. The molecule has 3 aliphatic heterocycles. The van der Waals surface area contributed by atoms with Gasteiger partial charge < -0.3 is 34.7 Å². The molecule has 4 aromatic rings. The molecule has 5 heterocycles. The highest BCUT2D eigenvalue weighted by molar-refractivity contribution is 5.90. The summed E-state index contributed by atoms with van der Waals surface area (Å²) in [4.78, 5) is 36.3. The number of hydrogen-bond donors (Lipinski definition) is 4. The molecule has 3 aliphatic rings. The number of rotatable bonds is 5. The van der Waals surface area contributed by atoms with Gasteiger partial charge in [0.1, 0.15) is 29.4 Å². The van der Waals surface area contributed by atoms with E-state index in [4.69, 9.17) is 18.7 Å². The molecule has 228 valence electrons. The van der Waals surface area contributed by atoms with Crippen LogP contribution in [0.2, 0.25) is 0 Å². The van der Waals surface area contributed by atoms with E-state index >= 15 is 0 Å². The first-order chi connectivity index (χ1) is 21.1. The fourth-order valence-corrected chi connectivity index (χ4v) is 6.40. The van der Waals surface area contributed by atoms with Gasteiger partial charge in [0, 0.05) is 17.7 Å². The molecule has 7 rings (SSSR count). The van der Waals surface area contributed by atoms with Crippen LogP contribution in [0.4, 0.5) is 5.69 Å². The summed E-state index contributed by atoms with van der Waals surface area (Å²) in [7, 11) is 0. The fourth-order valence-electron chi connectivity index (χ4n) is 6.40. The zero-order chi connectivity index (χ0) is 30.9. The quantitative estimate of drug-likeness (QED) is 0.268. The number of aryl methyl sites for hydroxylation is 1. The Balaban J connectivity index is 1.48. The molecule has 1 spiro atoms. The molecule has 0 fully saturated rings. The number of aromatic nitrogens is 3. The molecule has 2 aromatic carbocycles. The maximum atomic E-state index is 13.9. The van der Waals surface area contributed by atoms with Crippen molar-refractivity contribution in [1.29, 1.82) is 0 Å². The fraction of sp³-hybridized carbons (Fsp3) is 0.406. The first-order valence-electron chi connectivity index (χ1n) is 14.8. The minimum Gasteiger partial charge on any atom is -0.469 e. The number of oxazole rings is 1. The van der Waals surface area contributed by atoms with Gasteiger partial charge in [-0.3, -0.25) is 9.59 Å². The standard InChI is InChI=1S/C32H34N6O6/c1-14(2)23-29-37-24(30-33-16(5)38-44-30)26(43-29)32-18-8-6-7-9-20(18)35-31(32)42-22-11-10-17(12-19(22)32)13-21(27(40)36-23)34-28(41)25(39)15(3)4/h6-12,14-15,21,23,25,31,35,39H,13H2,1-5H3,(H,34,41)(H,36,40)/t21-,23-,25-,31?,32-/m0/s1. The van der Waals surface area contributed by atoms with E-state index in [-0.39, 0.29) is 30.0 Å². The molecule has 44 heavy (non-hydrogen) atoms. The Kier molecular flexibility index (Phi) is 6.50. The van der Waals surface area contributed by atoms with Crippen LogP contribution in [0.5, 0.6) is 5.75 Å². The molecule has 0 saturated heterocycles. The largest absolute Gasteiger partial charge is 0.469 e. The van der Waals surface area contributed by atoms with E-state index in [0.29, 0.717) is 23.0 Å². The Morgan fingerprint density at radius 2 is 1.89 bits per heavy atom. The molecule has 0 radical (unpaired) electrons. The molecule has 1 unspecified atom stereocenters. The number of fused-ring (bicyclic) bond motifs is 4. The van der Waals surface area contributed by atoms with Crippen molar-refractivity contribution < 1.29 is 28.4 Å². The number of hydrogen-bond acceptors (Lipinski definition) is 10. The summed E-state index contributed by atoms with van der Waals surface area (Å²) < 4.78 is 18.9. The van der Waals surface area contributed by atoms with E-state index in [0.717, 1.165) is 22.4 Å². The van der Waals surface area contributed by atoms with Crippen molar-refractivity contribution in [1.82, 2.24) is 25.8 Å². The van der Waals surface area contributed by atoms with Gasteiger partial charge in [-0.1, -0.05) is 63.2 Å². The van der Waals surface area contributed by atoms with Gasteiger partial charge in [0.25, 0.3) is 5.89 Å². The summed E-state index contributed by atoms with van der Waals surface area (Å²) in [6.07, 6.45) is -1.67. The SMILES string of the molecule is Cc1noc(-c2nc3oc2[C@@]24c5ccccc5NC2Oc2ccc(cc24)C[C@H](NC(=O)[C@@H](O)C(C)C)C(=O)N[C@H]3C(C)C)n1. The predicted molar refractivity (Wildman–Crippen MR) is 158 cm³/mol. The number of ether oxygens (including phenoxy) is 1. The number of nitrogens with one attached hydrogen (secondary N) is 3. The van der Waals surface area contributed by atoms with Gasteiger partial charge >= 0.3 is 0 Å². The lowest BCUT2D eigenvalue weighted by molar-refractivity contribution is -0.135. The number of benzene rings is 2. The third-order valence-electron chi connectivity index (χ3n) is 8.68. The number of carbonyl (C=O) groups excluding carboxylic acids is 2. The van der Waals surface area contributed by atoms with Crippen molar-refractivity contribution in [2.75, 3.05) is 5.32 Å². The maximum absolute atomic E-state index is 13.9. The van der Waals surface area contributed by atoms with E-state index in [9.17, 15) is 14.7 Å². The average molecular weight is 599 g/mol. The van der Waals surface area contributed by atoms with Crippen molar-refractivity contribution in [3.63, 3.8) is 0 Å². The molecule has 0 saturated carbocycles. The second-order valence-corrected chi connectivity index (χ2v) is 12.4. The van der Waals surface area contributed by atoms with E-state index in [1.54, 1.807) is 20.8 Å². The zero-order valence-corrected chi connectivity index (χ0v) is 25.0. The number of carbonyl (C=O) groups is 2. The van der Waals surface area contributed by atoms with E-state index < -0.39 is 41.6 Å². The summed E-state index contributed by atoms with van der Waals surface area (Å²) in [5.41, 5.74) is 2.76. The highest BCUT2D eigenvalue weighted by atomic mass is 16.5. The topological polar surface area (TPSA) is 165 Å². The lowest BCUT2D eigenvalue weighted by atomic mass is 9.72. The first-order valence-corrected chi connectivity index (χ1v) is 14.8. The number of aliphatic hydroxyl groups is 1. The van der Waals surface area contributed by atoms with Crippen molar-refractivity contribution in [3.8, 4) is 17.3 Å². The lowest BCUT2D eigenvalue weighted by Gasteiger charge is -2.29. The molecule has 0 aliphatic carbocycles. The van der Waals surface area contributed by atoms with Crippen LogP contribution in [0.25, 0.3) is 11.6 Å². The monoisotopic (exact) mass is 598 g/mol. The molecule has 5 atom stereocenters. The zero-order valence-electron chi connectivity index (χ0n) is 25.0. The molecule has 2 amide bonds. The first kappa shape index (κ1) is 28.1. The van der Waals surface area contributed by atoms with Crippen LogP contribution in [0, 0.1) is 18.8 Å². The number of amides is 2. The van der Waals surface area contributed by atoms with Gasteiger partial charge in [0.05, 0.1) is 0 Å². The molecular formula is C32H34N6O6. The van der Waals surface area contributed by atoms with Crippen LogP contribution in [-0.2, 0) is 21.4 Å². The van der Waals surface area contributed by atoms with Crippen LogP contribution < -0.4 is 20.7 Å². The lowest BCUT2D eigenvalue weighted by Crippen LogP contribution is -2.52. The second-order valence-electron chi connectivity index (χ2n) is 12.4. The molecular weight excluding hydrogens is 564 g/mol. The van der Waals surface area contributed by atoms with Crippen LogP contribution >= 0.6 is 0 Å². The van der Waals surface area contributed by atoms with E-state index in [2.05, 4.69) is 26.1 Å². The average Bonchev–Trinajstić information content (AvgIpc) is 3.75. The highest BCUT2D eigenvalue weighted by Crippen LogP contribution is 2.59. The van der Waals surface area contributed by atoms with Gasteiger partial charge in [-0.2, -0.15) is 4.98 Å². The Hall–Kier alpha value is -4.71. The van der Waals surface area contributed by atoms with Crippen molar-refractivity contribution in [3.05, 3.63) is 76.6 Å². The second kappa shape index (κ2) is 10.2. The van der Waals surface area contributed by atoms with E-state index in [1.807, 2.05) is 56.3 Å². The number of aliphatic hydroxyl groups excluding tert-OH is 1. The van der Waals surface area contributed by atoms with Crippen LogP contribution in [-0.4, -0.2) is 50.4 Å².